The Kier molecular flexibility index (Phi) is 6.34. The maximum atomic E-state index is 12.4. The van der Waals surface area contributed by atoms with Gasteiger partial charge in [-0.3, -0.25) is 19.3 Å². The number of rotatable bonds is 6. The van der Waals surface area contributed by atoms with Crippen LogP contribution in [-0.4, -0.2) is 66.8 Å². The van der Waals surface area contributed by atoms with Crippen LogP contribution < -0.4 is 10.6 Å². The van der Waals surface area contributed by atoms with Crippen LogP contribution in [0.5, 0.6) is 0 Å². The third-order valence-corrected chi connectivity index (χ3v) is 5.70. The third kappa shape index (κ3) is 5.10. The van der Waals surface area contributed by atoms with E-state index < -0.39 is 0 Å². The van der Waals surface area contributed by atoms with E-state index in [1.165, 1.54) is 0 Å². The molecule has 28 heavy (non-hydrogen) atoms. The van der Waals surface area contributed by atoms with Crippen LogP contribution >= 0.6 is 0 Å². The van der Waals surface area contributed by atoms with E-state index in [0.29, 0.717) is 38.6 Å². The smallest absolute Gasteiger partial charge is 0.242 e. The zero-order valence-electron chi connectivity index (χ0n) is 17.0. The number of hydrogen-bond donors (Lipinski definition) is 2. The van der Waals surface area contributed by atoms with Gasteiger partial charge in [0.05, 0.1) is 13.1 Å². The van der Waals surface area contributed by atoms with Gasteiger partial charge in [0.25, 0.3) is 0 Å². The summed E-state index contributed by atoms with van der Waals surface area (Å²) in [5.41, 5.74) is 2.97. The molecule has 3 amide bonds. The molecule has 1 heterocycles. The molecule has 7 nitrogen and oxygen atoms in total. The second-order valence-corrected chi connectivity index (χ2v) is 8.01. The summed E-state index contributed by atoms with van der Waals surface area (Å²) in [6.45, 7) is 8.84. The molecule has 2 atom stereocenters. The molecule has 1 saturated carbocycles. The number of nitrogens with zero attached hydrogens (tertiary/aromatic N) is 2. The summed E-state index contributed by atoms with van der Waals surface area (Å²) in [6, 6.07) is 5.94. The summed E-state index contributed by atoms with van der Waals surface area (Å²) in [5.74, 6) is 0.417. The predicted molar refractivity (Wildman–Crippen MR) is 108 cm³/mol. The SMILES string of the molecule is Cc1cccc(C)c1NC(=O)CN1CCN(C(=O)CNC(=O)C2CC2C)CC1. The van der Waals surface area contributed by atoms with Crippen molar-refractivity contribution in [3.05, 3.63) is 29.3 Å². The molecule has 3 rings (SSSR count). The molecule has 0 aromatic heterocycles. The van der Waals surface area contributed by atoms with Crippen molar-refractivity contribution in [2.24, 2.45) is 11.8 Å². The fourth-order valence-electron chi connectivity index (χ4n) is 3.64. The monoisotopic (exact) mass is 386 g/mol. The molecule has 2 aliphatic rings. The highest BCUT2D eigenvalue weighted by Crippen LogP contribution is 2.37. The van der Waals surface area contributed by atoms with E-state index in [0.717, 1.165) is 23.2 Å². The van der Waals surface area contributed by atoms with E-state index in [9.17, 15) is 14.4 Å². The highest BCUT2D eigenvalue weighted by Gasteiger charge is 2.39. The number of anilines is 1. The van der Waals surface area contributed by atoms with Gasteiger partial charge in [-0.2, -0.15) is 0 Å². The lowest BCUT2D eigenvalue weighted by Gasteiger charge is -2.34. The maximum Gasteiger partial charge on any atom is 0.242 e. The minimum absolute atomic E-state index is 0.0114. The summed E-state index contributed by atoms with van der Waals surface area (Å²) < 4.78 is 0. The van der Waals surface area contributed by atoms with Gasteiger partial charge in [0.2, 0.25) is 17.7 Å². The first-order valence-corrected chi connectivity index (χ1v) is 9.99. The van der Waals surface area contributed by atoms with Crippen LogP contribution in [0.25, 0.3) is 0 Å². The van der Waals surface area contributed by atoms with Crippen molar-refractivity contribution >= 4 is 23.4 Å². The van der Waals surface area contributed by atoms with E-state index in [2.05, 4.69) is 15.5 Å². The van der Waals surface area contributed by atoms with Crippen molar-refractivity contribution in [3.63, 3.8) is 0 Å². The zero-order valence-corrected chi connectivity index (χ0v) is 17.0. The van der Waals surface area contributed by atoms with Crippen LogP contribution in [0.15, 0.2) is 18.2 Å². The van der Waals surface area contributed by atoms with Gasteiger partial charge in [0, 0.05) is 37.8 Å². The van der Waals surface area contributed by atoms with Gasteiger partial charge >= 0.3 is 0 Å². The first-order chi connectivity index (χ1) is 13.3. The normalized spacial score (nSPS) is 21.9. The molecule has 2 unspecified atom stereocenters. The quantitative estimate of drug-likeness (QED) is 0.769. The summed E-state index contributed by atoms with van der Waals surface area (Å²) >= 11 is 0. The topological polar surface area (TPSA) is 81.8 Å². The van der Waals surface area contributed by atoms with E-state index in [1.807, 2.05) is 39.0 Å². The Morgan fingerprint density at radius 1 is 1.07 bits per heavy atom. The van der Waals surface area contributed by atoms with Crippen LogP contribution in [0.3, 0.4) is 0 Å². The molecule has 1 aliphatic carbocycles. The first kappa shape index (κ1) is 20.3. The highest BCUT2D eigenvalue weighted by atomic mass is 16.2. The molecule has 0 radical (unpaired) electrons. The van der Waals surface area contributed by atoms with Gasteiger partial charge in [-0.05, 0) is 37.3 Å². The first-order valence-electron chi connectivity index (χ1n) is 9.99. The Hall–Kier alpha value is -2.41. The van der Waals surface area contributed by atoms with Crippen LogP contribution in [0, 0.1) is 25.7 Å². The second-order valence-electron chi connectivity index (χ2n) is 8.01. The lowest BCUT2D eigenvalue weighted by molar-refractivity contribution is -0.134. The zero-order chi connectivity index (χ0) is 20.3. The molecule has 0 spiro atoms. The van der Waals surface area contributed by atoms with Crippen LogP contribution in [0.4, 0.5) is 5.69 Å². The largest absolute Gasteiger partial charge is 0.347 e. The molecule has 1 aromatic carbocycles. The number of nitrogens with one attached hydrogen (secondary N) is 2. The lowest BCUT2D eigenvalue weighted by atomic mass is 10.1. The Morgan fingerprint density at radius 3 is 2.25 bits per heavy atom. The molecule has 2 N–H and O–H groups in total. The van der Waals surface area contributed by atoms with Crippen molar-refractivity contribution in [1.82, 2.24) is 15.1 Å². The van der Waals surface area contributed by atoms with Gasteiger partial charge in [-0.1, -0.05) is 25.1 Å². The summed E-state index contributed by atoms with van der Waals surface area (Å²) in [4.78, 5) is 40.3. The van der Waals surface area contributed by atoms with Crippen LogP contribution in [0.2, 0.25) is 0 Å². The van der Waals surface area contributed by atoms with Crippen molar-refractivity contribution in [1.29, 1.82) is 0 Å². The minimum Gasteiger partial charge on any atom is -0.347 e. The summed E-state index contributed by atoms with van der Waals surface area (Å²) in [5, 5.41) is 5.75. The van der Waals surface area contributed by atoms with Crippen molar-refractivity contribution in [3.8, 4) is 0 Å². The number of hydrogen-bond acceptors (Lipinski definition) is 4. The lowest BCUT2D eigenvalue weighted by Crippen LogP contribution is -2.52. The van der Waals surface area contributed by atoms with E-state index >= 15 is 0 Å². The molecule has 1 aliphatic heterocycles. The molecular weight excluding hydrogens is 356 g/mol. The molecule has 7 heteroatoms. The number of para-hydroxylation sites is 1. The van der Waals surface area contributed by atoms with Gasteiger partial charge in [-0.15, -0.1) is 0 Å². The fourth-order valence-corrected chi connectivity index (χ4v) is 3.64. The van der Waals surface area contributed by atoms with Gasteiger partial charge < -0.3 is 15.5 Å². The number of aryl methyl sites for hydroxylation is 2. The molecule has 2 fully saturated rings. The number of piperazine rings is 1. The van der Waals surface area contributed by atoms with Crippen molar-refractivity contribution < 1.29 is 14.4 Å². The van der Waals surface area contributed by atoms with E-state index in [-0.39, 0.29) is 30.2 Å². The predicted octanol–water partition coefficient (Wildman–Crippen LogP) is 1.16. The van der Waals surface area contributed by atoms with Gasteiger partial charge in [0.1, 0.15) is 0 Å². The Morgan fingerprint density at radius 2 is 1.68 bits per heavy atom. The highest BCUT2D eigenvalue weighted by molar-refractivity contribution is 5.93. The number of amides is 3. The third-order valence-electron chi connectivity index (χ3n) is 5.70. The Bertz CT molecular complexity index is 736. The van der Waals surface area contributed by atoms with Gasteiger partial charge in [-0.25, -0.2) is 0 Å². The molecule has 152 valence electrons. The summed E-state index contributed by atoms with van der Waals surface area (Å²) in [6.07, 6.45) is 0.919. The average Bonchev–Trinajstić information content (AvgIpc) is 3.40. The number of benzene rings is 1. The molecule has 1 aromatic rings. The molecule has 0 bridgehead atoms. The standard InChI is InChI=1S/C21H30N4O3/c1-14-5-4-6-15(2)20(14)23-18(26)13-24-7-9-25(10-8-24)19(27)12-22-21(28)17-11-16(17)3/h4-6,16-17H,7-13H2,1-3H3,(H,22,28)(H,23,26). The van der Waals surface area contributed by atoms with Crippen LogP contribution in [-0.2, 0) is 14.4 Å². The van der Waals surface area contributed by atoms with Crippen LogP contribution in [0.1, 0.15) is 24.5 Å². The Balaban J connectivity index is 1.39. The number of carbonyl (C=O) groups is 3. The van der Waals surface area contributed by atoms with Gasteiger partial charge in [0.15, 0.2) is 0 Å². The number of carbonyl (C=O) groups excluding carboxylic acids is 3. The average molecular weight is 386 g/mol. The van der Waals surface area contributed by atoms with Crippen molar-refractivity contribution in [2.75, 3.05) is 44.6 Å². The maximum absolute atomic E-state index is 12.4. The fraction of sp³-hybridized carbons (Fsp3) is 0.571. The van der Waals surface area contributed by atoms with Crippen molar-refractivity contribution in [2.45, 2.75) is 27.2 Å². The minimum atomic E-state index is -0.0544. The van der Waals surface area contributed by atoms with E-state index in [4.69, 9.17) is 0 Å². The molecular formula is C21H30N4O3. The summed E-state index contributed by atoms with van der Waals surface area (Å²) in [7, 11) is 0. The second kappa shape index (κ2) is 8.73. The molecule has 1 saturated heterocycles. The van der Waals surface area contributed by atoms with E-state index in [1.54, 1.807) is 4.90 Å². The Labute approximate surface area is 166 Å².